The number of Topliss-reactive ketones (excluding diaryl/α,β-unsaturated/α-hetero) is 1. The van der Waals surface area contributed by atoms with Crippen LogP contribution in [0.1, 0.15) is 132 Å². The van der Waals surface area contributed by atoms with E-state index in [1.807, 2.05) is 6.07 Å². The lowest BCUT2D eigenvalue weighted by atomic mass is 9.33. The minimum absolute atomic E-state index is 0.0237. The Morgan fingerprint density at radius 2 is 1.63 bits per heavy atom. The standard InChI is InChI=1S/C46H70N2O6/c1-29(2)38-32(49)25-46(35(50)28-48(24-23-47)27-30-13-11-10-12-14-30)22-21-44(8)31(39(38)46)15-16-34-43(7)19-18-36(54-37(51)26-41(3,4)40(52)53)42(5,6)33(43)17-20-45(34,44)9/h10-14,29,31,33-36,50H,15-28,47H2,1-9H3,(H,52,53)/t31-,33+,34-,35+,36-,43+,44-,45-,46+/m1/s1. The average Bonchev–Trinajstić information content (AvgIpc) is 3.40. The monoisotopic (exact) mass is 747 g/mol. The second kappa shape index (κ2) is 14.4. The number of ketones is 1. The van der Waals surface area contributed by atoms with Gasteiger partial charge in [0.1, 0.15) is 6.10 Å². The van der Waals surface area contributed by atoms with Gasteiger partial charge in [-0.25, -0.2) is 0 Å². The quantitative estimate of drug-likeness (QED) is 0.183. The van der Waals surface area contributed by atoms with Crippen LogP contribution in [-0.4, -0.2) is 64.7 Å². The van der Waals surface area contributed by atoms with E-state index in [0.717, 1.165) is 56.9 Å². The van der Waals surface area contributed by atoms with E-state index >= 15 is 0 Å². The third-order valence-corrected chi connectivity index (χ3v) is 16.6. The molecule has 8 nitrogen and oxygen atoms in total. The number of carboxylic acid groups (broad SMARTS) is 1. The lowest BCUT2D eigenvalue weighted by Gasteiger charge is -2.72. The SMILES string of the molecule is CC(C)C1=C2[C@H]3CC[C@@H]4[C@@]5(C)CC[C@@H](OC(=O)CC(C)(C)C(=O)O)C(C)(C)[C@@H]5CC[C@@]4(C)[C@]3(C)CC[C@@]2([C@@H](O)CN(CCN)Cc2ccccc2)CC1=O. The number of esters is 1. The predicted octanol–water partition coefficient (Wildman–Crippen LogP) is 8.20. The van der Waals surface area contributed by atoms with Crippen LogP contribution in [0.5, 0.6) is 0 Å². The first-order valence-corrected chi connectivity index (χ1v) is 21.0. The number of carbonyl (C=O) groups is 3. The van der Waals surface area contributed by atoms with E-state index in [9.17, 15) is 24.6 Å². The summed E-state index contributed by atoms with van der Waals surface area (Å²) >= 11 is 0. The van der Waals surface area contributed by atoms with E-state index in [0.29, 0.717) is 44.4 Å². The van der Waals surface area contributed by atoms with E-state index in [1.54, 1.807) is 13.8 Å². The number of aliphatic hydroxyl groups is 1. The van der Waals surface area contributed by atoms with Crippen molar-refractivity contribution in [3.63, 3.8) is 0 Å². The first-order valence-electron chi connectivity index (χ1n) is 21.0. The summed E-state index contributed by atoms with van der Waals surface area (Å²) in [5.41, 5.74) is 7.71. The molecule has 0 aromatic heterocycles. The van der Waals surface area contributed by atoms with Crippen molar-refractivity contribution in [1.82, 2.24) is 4.90 Å². The molecule has 1 aromatic carbocycles. The smallest absolute Gasteiger partial charge is 0.309 e. The zero-order valence-corrected chi connectivity index (χ0v) is 34.8. The molecule has 8 heteroatoms. The van der Waals surface area contributed by atoms with Crippen molar-refractivity contribution in [1.29, 1.82) is 0 Å². The summed E-state index contributed by atoms with van der Waals surface area (Å²) < 4.78 is 6.18. The number of carbonyl (C=O) groups excluding carboxylic acids is 2. The van der Waals surface area contributed by atoms with Crippen LogP contribution in [0.2, 0.25) is 0 Å². The van der Waals surface area contributed by atoms with E-state index in [-0.39, 0.29) is 51.8 Å². The van der Waals surface area contributed by atoms with Crippen molar-refractivity contribution < 1.29 is 29.3 Å². The molecule has 0 unspecified atom stereocenters. The van der Waals surface area contributed by atoms with Gasteiger partial charge in [0.05, 0.1) is 17.9 Å². The number of fused-ring (bicyclic) bond motifs is 7. The highest BCUT2D eigenvalue weighted by molar-refractivity contribution is 6.00. The molecule has 0 spiro atoms. The maximum atomic E-state index is 14.2. The van der Waals surface area contributed by atoms with E-state index in [2.05, 4.69) is 77.6 Å². The van der Waals surface area contributed by atoms with Gasteiger partial charge >= 0.3 is 11.9 Å². The van der Waals surface area contributed by atoms with Gasteiger partial charge in [-0.05, 0) is 116 Å². The zero-order valence-electron chi connectivity index (χ0n) is 34.8. The molecule has 5 aliphatic carbocycles. The highest BCUT2D eigenvalue weighted by Gasteiger charge is 2.70. The van der Waals surface area contributed by atoms with E-state index < -0.39 is 28.9 Å². The number of aliphatic hydroxyl groups excluding tert-OH is 1. The van der Waals surface area contributed by atoms with Crippen LogP contribution in [0.15, 0.2) is 41.5 Å². The molecule has 0 radical (unpaired) electrons. The van der Waals surface area contributed by atoms with E-state index in [1.165, 1.54) is 11.1 Å². The summed E-state index contributed by atoms with van der Waals surface area (Å²) in [6.45, 7) is 22.1. The molecule has 5 aliphatic rings. The molecule has 1 aromatic rings. The molecule has 4 fully saturated rings. The fraction of sp³-hybridized carbons (Fsp3) is 0.761. The Labute approximate surface area is 325 Å². The number of nitrogens with zero attached hydrogens (tertiary/aromatic N) is 1. The number of benzene rings is 1. The second-order valence-electron chi connectivity index (χ2n) is 20.6. The Morgan fingerprint density at radius 1 is 0.944 bits per heavy atom. The van der Waals surface area contributed by atoms with Crippen LogP contribution in [0, 0.1) is 56.2 Å². The normalized spacial score (nSPS) is 36.6. The molecule has 0 heterocycles. The molecule has 0 aliphatic heterocycles. The number of hydrogen-bond acceptors (Lipinski definition) is 7. The van der Waals surface area contributed by atoms with Crippen molar-refractivity contribution in [3.05, 3.63) is 47.0 Å². The molecule has 0 amide bonds. The summed E-state index contributed by atoms with van der Waals surface area (Å²) in [4.78, 5) is 41.4. The van der Waals surface area contributed by atoms with Gasteiger partial charge in [0.25, 0.3) is 0 Å². The maximum Gasteiger partial charge on any atom is 0.309 e. The number of rotatable bonds is 12. The molecular weight excluding hydrogens is 677 g/mol. The van der Waals surface area contributed by atoms with Gasteiger partial charge < -0.3 is 20.7 Å². The highest BCUT2D eigenvalue weighted by Crippen LogP contribution is 2.77. The summed E-state index contributed by atoms with van der Waals surface area (Å²) in [5.74, 6) is 0.0186. The minimum atomic E-state index is -1.17. The summed E-state index contributed by atoms with van der Waals surface area (Å²) in [6.07, 6.45) is 7.15. The van der Waals surface area contributed by atoms with Crippen molar-refractivity contribution >= 4 is 17.7 Å². The van der Waals surface area contributed by atoms with Crippen molar-refractivity contribution in [2.45, 2.75) is 145 Å². The van der Waals surface area contributed by atoms with Gasteiger partial charge in [0.2, 0.25) is 0 Å². The number of carboxylic acids is 1. The highest BCUT2D eigenvalue weighted by atomic mass is 16.5. The lowest BCUT2D eigenvalue weighted by molar-refractivity contribution is -0.235. The van der Waals surface area contributed by atoms with E-state index in [4.69, 9.17) is 10.5 Å². The van der Waals surface area contributed by atoms with Crippen LogP contribution in [0.4, 0.5) is 0 Å². The molecule has 0 saturated heterocycles. The number of aliphatic carboxylic acids is 1. The largest absolute Gasteiger partial charge is 0.481 e. The molecule has 4 N–H and O–H groups in total. The van der Waals surface area contributed by atoms with Crippen LogP contribution in [0.25, 0.3) is 0 Å². The van der Waals surface area contributed by atoms with Crippen LogP contribution in [0.3, 0.4) is 0 Å². The van der Waals surface area contributed by atoms with Crippen LogP contribution >= 0.6 is 0 Å². The first kappa shape index (κ1) is 41.1. The third kappa shape index (κ3) is 6.52. The predicted molar refractivity (Wildman–Crippen MR) is 212 cm³/mol. The second-order valence-corrected chi connectivity index (χ2v) is 20.6. The summed E-state index contributed by atoms with van der Waals surface area (Å²) in [5, 5.41) is 22.1. The van der Waals surface area contributed by atoms with Gasteiger partial charge in [-0.2, -0.15) is 0 Å². The maximum absolute atomic E-state index is 14.2. The molecule has 0 bridgehead atoms. The van der Waals surface area contributed by atoms with Crippen LogP contribution in [-0.2, 0) is 25.7 Å². The van der Waals surface area contributed by atoms with Crippen molar-refractivity contribution in [2.24, 2.45) is 61.9 Å². The molecule has 54 heavy (non-hydrogen) atoms. The molecule has 300 valence electrons. The molecule has 4 saturated carbocycles. The Hall–Kier alpha value is -2.55. The fourth-order valence-electron chi connectivity index (χ4n) is 13.6. The molecule has 9 atom stereocenters. The third-order valence-electron chi connectivity index (χ3n) is 16.6. The fourth-order valence-corrected chi connectivity index (χ4v) is 13.6. The number of allylic oxidation sites excluding steroid dienone is 1. The topological polar surface area (TPSA) is 130 Å². The number of nitrogens with two attached hydrogens (primary N) is 1. The van der Waals surface area contributed by atoms with Crippen LogP contribution < -0.4 is 5.73 Å². The van der Waals surface area contributed by atoms with Gasteiger partial charge in [0, 0.05) is 43.4 Å². The number of ether oxygens (including phenoxy) is 1. The Bertz CT molecular complexity index is 1630. The summed E-state index contributed by atoms with van der Waals surface area (Å²) in [7, 11) is 0. The van der Waals surface area contributed by atoms with Gasteiger partial charge in [0.15, 0.2) is 5.78 Å². The number of hydrogen-bond donors (Lipinski definition) is 3. The molecular formula is C46H70N2O6. The Morgan fingerprint density at radius 3 is 2.26 bits per heavy atom. The first-order chi connectivity index (χ1) is 25.2. The Balaban J connectivity index is 1.29. The lowest BCUT2D eigenvalue weighted by Crippen LogP contribution is -2.66. The van der Waals surface area contributed by atoms with Crippen molar-refractivity contribution in [2.75, 3.05) is 19.6 Å². The van der Waals surface area contributed by atoms with Gasteiger partial charge in [-0.3, -0.25) is 19.3 Å². The zero-order chi connectivity index (χ0) is 39.6. The van der Waals surface area contributed by atoms with Gasteiger partial charge in [-0.15, -0.1) is 0 Å². The average molecular weight is 747 g/mol. The van der Waals surface area contributed by atoms with Crippen molar-refractivity contribution in [3.8, 4) is 0 Å². The Kier molecular flexibility index (Phi) is 11.0. The summed E-state index contributed by atoms with van der Waals surface area (Å²) in [6, 6.07) is 10.4. The molecule has 6 rings (SSSR count). The van der Waals surface area contributed by atoms with Gasteiger partial charge in [-0.1, -0.05) is 84.4 Å². The minimum Gasteiger partial charge on any atom is -0.481 e.